The van der Waals surface area contributed by atoms with Gasteiger partial charge in [0.05, 0.1) is 4.90 Å². The number of nitrogens with zero attached hydrogens (tertiary/aromatic N) is 3. The van der Waals surface area contributed by atoms with Crippen LogP contribution in [0.3, 0.4) is 0 Å². The maximum Gasteiger partial charge on any atom is 0.276 e. The van der Waals surface area contributed by atoms with Crippen LogP contribution in [0.4, 0.5) is 11.5 Å². The first-order valence-corrected chi connectivity index (χ1v) is 12.0. The van der Waals surface area contributed by atoms with Gasteiger partial charge in [0.25, 0.3) is 5.91 Å². The largest absolute Gasteiger partial charge is 0.355 e. The molecule has 4 rings (SSSR count). The summed E-state index contributed by atoms with van der Waals surface area (Å²) in [6, 6.07) is 19.6. The van der Waals surface area contributed by atoms with Crippen molar-refractivity contribution in [1.29, 1.82) is 0 Å². The molecule has 1 fully saturated rings. The number of carbonyl (C=O) groups is 1. The Bertz CT molecular complexity index is 1160. The number of amides is 1. The molecule has 2 heterocycles. The van der Waals surface area contributed by atoms with Gasteiger partial charge in [-0.25, -0.2) is 13.6 Å². The number of anilines is 2. The minimum Gasteiger partial charge on any atom is -0.355 e. The summed E-state index contributed by atoms with van der Waals surface area (Å²) in [5.41, 5.74) is 2.00. The number of nitrogens with one attached hydrogen (secondary N) is 1. The number of hydrogen-bond donors (Lipinski definition) is 2. The van der Waals surface area contributed by atoms with E-state index < -0.39 is 15.9 Å². The molecule has 0 atom stereocenters. The first-order valence-electron chi connectivity index (χ1n) is 10.5. The SMILES string of the molecule is NS(=O)(=O)c1ccc(NC(=O)c2ccc(N3CCC(Cc4ccccc4)CC3)nn2)cc1. The number of piperidine rings is 1. The standard InChI is InChI=1S/C23H25N5O3S/c24-32(30,31)20-8-6-19(7-9-20)25-23(29)21-10-11-22(27-26-21)28-14-12-18(13-15-28)16-17-4-2-1-3-5-17/h1-11,18H,12-16H2,(H,25,29)(H2,24,30,31). The summed E-state index contributed by atoms with van der Waals surface area (Å²) in [6.45, 7) is 1.82. The van der Waals surface area contributed by atoms with Crippen LogP contribution in [0, 0.1) is 5.92 Å². The number of rotatable bonds is 6. The van der Waals surface area contributed by atoms with Gasteiger partial charge in [0, 0.05) is 18.8 Å². The summed E-state index contributed by atoms with van der Waals surface area (Å²) in [6.07, 6.45) is 3.28. The van der Waals surface area contributed by atoms with Gasteiger partial charge in [0.15, 0.2) is 11.5 Å². The molecule has 1 amide bonds. The van der Waals surface area contributed by atoms with E-state index >= 15 is 0 Å². The molecule has 1 aromatic heterocycles. The van der Waals surface area contributed by atoms with Gasteiger partial charge in [-0.2, -0.15) is 0 Å². The Kier molecular flexibility index (Phi) is 6.48. The lowest BCUT2D eigenvalue weighted by molar-refractivity contribution is 0.102. The molecule has 0 bridgehead atoms. The fourth-order valence-corrected chi connectivity index (χ4v) is 4.37. The first-order chi connectivity index (χ1) is 15.4. The predicted molar refractivity (Wildman–Crippen MR) is 123 cm³/mol. The molecule has 0 aliphatic carbocycles. The van der Waals surface area contributed by atoms with Crippen LogP contribution in [-0.4, -0.2) is 37.6 Å². The zero-order chi connectivity index (χ0) is 22.6. The van der Waals surface area contributed by atoms with Crippen molar-refractivity contribution in [3.63, 3.8) is 0 Å². The van der Waals surface area contributed by atoms with Gasteiger partial charge in [-0.3, -0.25) is 4.79 Å². The van der Waals surface area contributed by atoms with E-state index in [1.165, 1.54) is 29.8 Å². The van der Waals surface area contributed by atoms with Crippen molar-refractivity contribution in [3.8, 4) is 0 Å². The van der Waals surface area contributed by atoms with Crippen LogP contribution >= 0.6 is 0 Å². The van der Waals surface area contributed by atoms with Crippen molar-refractivity contribution < 1.29 is 13.2 Å². The maximum absolute atomic E-state index is 12.4. The molecule has 1 aliphatic heterocycles. The van der Waals surface area contributed by atoms with E-state index in [1.54, 1.807) is 6.07 Å². The Morgan fingerprint density at radius 3 is 2.25 bits per heavy atom. The van der Waals surface area contributed by atoms with Gasteiger partial charge in [-0.05, 0) is 67.1 Å². The number of hydrogen-bond acceptors (Lipinski definition) is 6. The average molecular weight is 452 g/mol. The van der Waals surface area contributed by atoms with Gasteiger partial charge in [0.2, 0.25) is 10.0 Å². The third-order valence-electron chi connectivity index (χ3n) is 5.63. The molecule has 0 spiro atoms. The Hall–Kier alpha value is -3.30. The van der Waals surface area contributed by atoms with Crippen molar-refractivity contribution in [1.82, 2.24) is 10.2 Å². The lowest BCUT2D eigenvalue weighted by atomic mass is 9.90. The van der Waals surface area contributed by atoms with Crippen LogP contribution in [0.15, 0.2) is 71.6 Å². The van der Waals surface area contributed by atoms with Gasteiger partial charge >= 0.3 is 0 Å². The van der Waals surface area contributed by atoms with Crippen LogP contribution in [0.2, 0.25) is 0 Å². The molecule has 1 aliphatic rings. The van der Waals surface area contributed by atoms with Gasteiger partial charge in [-0.15, -0.1) is 10.2 Å². The van der Waals surface area contributed by atoms with Gasteiger partial charge in [-0.1, -0.05) is 30.3 Å². The van der Waals surface area contributed by atoms with E-state index in [0.717, 1.165) is 38.2 Å². The highest BCUT2D eigenvalue weighted by Gasteiger charge is 2.21. The molecule has 3 N–H and O–H groups in total. The summed E-state index contributed by atoms with van der Waals surface area (Å²) in [5.74, 6) is 0.999. The lowest BCUT2D eigenvalue weighted by Gasteiger charge is -2.32. The number of nitrogens with two attached hydrogens (primary N) is 1. The van der Waals surface area contributed by atoms with Gasteiger partial charge in [0.1, 0.15) is 0 Å². The molecular formula is C23H25N5O3S. The molecule has 0 radical (unpaired) electrons. The Morgan fingerprint density at radius 1 is 0.969 bits per heavy atom. The highest BCUT2D eigenvalue weighted by Crippen LogP contribution is 2.24. The fourth-order valence-electron chi connectivity index (χ4n) is 3.85. The summed E-state index contributed by atoms with van der Waals surface area (Å²) in [4.78, 5) is 14.6. The quantitative estimate of drug-likeness (QED) is 0.595. The van der Waals surface area contributed by atoms with E-state index in [9.17, 15) is 13.2 Å². The second-order valence-corrected chi connectivity index (χ2v) is 9.48. The summed E-state index contributed by atoms with van der Waals surface area (Å²) in [7, 11) is -3.78. The topological polar surface area (TPSA) is 118 Å². The number of aromatic nitrogens is 2. The molecule has 166 valence electrons. The number of benzene rings is 2. The van der Waals surface area contributed by atoms with E-state index in [4.69, 9.17) is 5.14 Å². The van der Waals surface area contributed by atoms with E-state index in [2.05, 4.69) is 44.7 Å². The zero-order valence-corrected chi connectivity index (χ0v) is 18.3. The normalized spacial score (nSPS) is 14.8. The minimum absolute atomic E-state index is 0.0211. The van der Waals surface area contributed by atoms with E-state index in [-0.39, 0.29) is 10.6 Å². The summed E-state index contributed by atoms with van der Waals surface area (Å²) < 4.78 is 22.6. The van der Waals surface area contributed by atoms with Crippen LogP contribution in [0.1, 0.15) is 28.9 Å². The maximum atomic E-state index is 12.4. The molecule has 0 saturated carbocycles. The summed E-state index contributed by atoms with van der Waals surface area (Å²) in [5, 5.41) is 16.1. The monoisotopic (exact) mass is 451 g/mol. The molecule has 2 aromatic carbocycles. The van der Waals surface area contributed by atoms with E-state index in [1.807, 2.05) is 12.1 Å². The third kappa shape index (κ3) is 5.49. The van der Waals surface area contributed by atoms with Gasteiger partial charge < -0.3 is 10.2 Å². The molecule has 32 heavy (non-hydrogen) atoms. The zero-order valence-electron chi connectivity index (χ0n) is 17.5. The number of carbonyl (C=O) groups excluding carboxylic acids is 1. The summed E-state index contributed by atoms with van der Waals surface area (Å²) >= 11 is 0. The number of sulfonamides is 1. The molecule has 9 heteroatoms. The van der Waals surface area contributed by atoms with E-state index in [0.29, 0.717) is 11.6 Å². The molecule has 0 unspecified atom stereocenters. The second-order valence-electron chi connectivity index (χ2n) is 7.92. The second kappa shape index (κ2) is 9.46. The number of primary sulfonamides is 1. The lowest BCUT2D eigenvalue weighted by Crippen LogP contribution is -2.35. The van der Waals surface area contributed by atoms with Crippen molar-refractivity contribution in [2.24, 2.45) is 11.1 Å². The fraction of sp³-hybridized carbons (Fsp3) is 0.261. The van der Waals surface area contributed by atoms with Crippen LogP contribution < -0.4 is 15.4 Å². The Morgan fingerprint density at radius 2 is 1.66 bits per heavy atom. The van der Waals surface area contributed by atoms with Crippen molar-refractivity contribution in [2.75, 3.05) is 23.3 Å². The van der Waals surface area contributed by atoms with Crippen LogP contribution in [-0.2, 0) is 16.4 Å². The van der Waals surface area contributed by atoms with Crippen LogP contribution in [0.25, 0.3) is 0 Å². The average Bonchev–Trinajstić information content (AvgIpc) is 2.80. The van der Waals surface area contributed by atoms with Crippen molar-refractivity contribution in [3.05, 3.63) is 78.0 Å². The molecule has 3 aromatic rings. The first kappa shape index (κ1) is 21.9. The minimum atomic E-state index is -3.78. The smallest absolute Gasteiger partial charge is 0.276 e. The highest BCUT2D eigenvalue weighted by atomic mass is 32.2. The van der Waals surface area contributed by atoms with Crippen molar-refractivity contribution >= 4 is 27.4 Å². The van der Waals surface area contributed by atoms with Crippen molar-refractivity contribution in [2.45, 2.75) is 24.2 Å². The Balaban J connectivity index is 1.31. The highest BCUT2D eigenvalue weighted by molar-refractivity contribution is 7.89. The Labute approximate surface area is 187 Å². The third-order valence-corrected chi connectivity index (χ3v) is 6.56. The molecule has 1 saturated heterocycles. The molecule has 8 nitrogen and oxygen atoms in total. The van der Waals surface area contributed by atoms with Crippen LogP contribution in [0.5, 0.6) is 0 Å². The predicted octanol–water partition coefficient (Wildman–Crippen LogP) is 2.84. The molecular weight excluding hydrogens is 426 g/mol.